The summed E-state index contributed by atoms with van der Waals surface area (Å²) in [6.07, 6.45) is 1.70. The van der Waals surface area contributed by atoms with E-state index in [4.69, 9.17) is 10.5 Å². The fourth-order valence-electron chi connectivity index (χ4n) is 3.95. The summed E-state index contributed by atoms with van der Waals surface area (Å²) in [4.78, 5) is 26.5. The van der Waals surface area contributed by atoms with Crippen molar-refractivity contribution in [2.75, 3.05) is 26.8 Å². The smallest absolute Gasteiger partial charge is 0.221 e. The third-order valence-electron chi connectivity index (χ3n) is 5.39. The summed E-state index contributed by atoms with van der Waals surface area (Å²) in [5.74, 6) is -0.324. The average molecular weight is 349 g/mol. The largest absolute Gasteiger partial charge is 0.383 e. The number of ether oxygens (including phenoxy) is 1. The van der Waals surface area contributed by atoms with Crippen LogP contribution in [0.1, 0.15) is 54.5 Å². The van der Waals surface area contributed by atoms with E-state index in [0.717, 1.165) is 29.8 Å². The quantitative estimate of drug-likeness (QED) is 0.765. The van der Waals surface area contributed by atoms with Crippen molar-refractivity contribution in [3.8, 4) is 0 Å². The van der Waals surface area contributed by atoms with E-state index < -0.39 is 0 Å². The Balaban J connectivity index is 2.15. The number of methoxy groups -OCH3 is 1. The molecular formula is C19H31N3O3. The average Bonchev–Trinajstić information content (AvgIpc) is 2.84. The van der Waals surface area contributed by atoms with Crippen molar-refractivity contribution in [1.82, 2.24) is 9.47 Å². The molecule has 140 valence electrons. The van der Waals surface area contributed by atoms with Crippen molar-refractivity contribution < 1.29 is 14.3 Å². The molecule has 25 heavy (non-hydrogen) atoms. The van der Waals surface area contributed by atoms with Crippen LogP contribution in [0.4, 0.5) is 0 Å². The molecule has 1 saturated heterocycles. The molecule has 2 N–H and O–H groups in total. The van der Waals surface area contributed by atoms with Crippen LogP contribution in [0, 0.1) is 19.8 Å². The number of carbonyl (C=O) groups is 2. The van der Waals surface area contributed by atoms with Crippen LogP contribution in [0.5, 0.6) is 0 Å². The van der Waals surface area contributed by atoms with Gasteiger partial charge in [0.2, 0.25) is 5.91 Å². The van der Waals surface area contributed by atoms with Crippen LogP contribution in [-0.2, 0) is 9.53 Å². The number of nitrogens with two attached hydrogens (primary N) is 1. The minimum absolute atomic E-state index is 0.0981. The number of nitrogens with zero attached hydrogens (tertiary/aromatic N) is 2. The summed E-state index contributed by atoms with van der Waals surface area (Å²) < 4.78 is 7.41. The zero-order chi connectivity index (χ0) is 18.7. The topological polar surface area (TPSA) is 77.6 Å². The number of carbonyl (C=O) groups excluding carboxylic acids is 2. The fraction of sp³-hybridized carbons (Fsp3) is 0.684. The number of amides is 1. The lowest BCUT2D eigenvalue weighted by molar-refractivity contribution is -0.123. The molecule has 1 aromatic heterocycles. The van der Waals surface area contributed by atoms with Crippen molar-refractivity contribution in [1.29, 1.82) is 0 Å². The van der Waals surface area contributed by atoms with Crippen LogP contribution in [0.25, 0.3) is 0 Å². The highest BCUT2D eigenvalue weighted by Gasteiger charge is 2.30. The molecule has 0 aliphatic carbocycles. The van der Waals surface area contributed by atoms with Crippen molar-refractivity contribution >= 4 is 11.7 Å². The Labute approximate surface area is 150 Å². The van der Waals surface area contributed by atoms with Crippen LogP contribution in [0.2, 0.25) is 0 Å². The molecule has 2 rings (SSSR count). The molecule has 1 amide bonds. The molecule has 6 heteroatoms. The second-order valence-corrected chi connectivity index (χ2v) is 7.34. The number of hydrogen-bond acceptors (Lipinski definition) is 4. The zero-order valence-corrected chi connectivity index (χ0v) is 16.0. The molecule has 0 bridgehead atoms. The minimum Gasteiger partial charge on any atom is -0.383 e. The van der Waals surface area contributed by atoms with Crippen molar-refractivity contribution in [3.05, 3.63) is 23.0 Å². The Kier molecular flexibility index (Phi) is 6.41. The Bertz CT molecular complexity index is 638. The Morgan fingerprint density at radius 2 is 2.04 bits per heavy atom. The Morgan fingerprint density at radius 1 is 1.36 bits per heavy atom. The lowest BCUT2D eigenvalue weighted by atomic mass is 9.92. The van der Waals surface area contributed by atoms with Gasteiger partial charge in [0.1, 0.15) is 0 Å². The van der Waals surface area contributed by atoms with E-state index in [-0.39, 0.29) is 29.7 Å². The van der Waals surface area contributed by atoms with Crippen molar-refractivity contribution in [3.63, 3.8) is 0 Å². The molecule has 1 aliphatic heterocycles. The zero-order valence-electron chi connectivity index (χ0n) is 16.0. The summed E-state index contributed by atoms with van der Waals surface area (Å²) in [6.45, 7) is 9.69. The van der Waals surface area contributed by atoms with Crippen LogP contribution in [-0.4, -0.2) is 54.0 Å². The molecule has 6 nitrogen and oxygen atoms in total. The van der Waals surface area contributed by atoms with Gasteiger partial charge in [0, 0.05) is 36.6 Å². The van der Waals surface area contributed by atoms with Crippen LogP contribution in [0.15, 0.2) is 6.07 Å². The second kappa shape index (κ2) is 8.15. The van der Waals surface area contributed by atoms with E-state index in [2.05, 4.69) is 23.3 Å². The first-order valence-corrected chi connectivity index (χ1v) is 9.00. The van der Waals surface area contributed by atoms with Crippen molar-refractivity contribution in [2.45, 2.75) is 52.6 Å². The predicted octanol–water partition coefficient (Wildman–Crippen LogP) is 2.08. The van der Waals surface area contributed by atoms with Gasteiger partial charge < -0.3 is 15.0 Å². The fourth-order valence-corrected chi connectivity index (χ4v) is 3.95. The molecule has 0 spiro atoms. The van der Waals surface area contributed by atoms with E-state index in [0.29, 0.717) is 19.7 Å². The van der Waals surface area contributed by atoms with Gasteiger partial charge in [-0.25, -0.2) is 0 Å². The van der Waals surface area contributed by atoms with Gasteiger partial charge in [-0.2, -0.15) is 0 Å². The van der Waals surface area contributed by atoms with Gasteiger partial charge in [-0.3, -0.25) is 14.5 Å². The molecule has 2 heterocycles. The first-order chi connectivity index (χ1) is 11.8. The number of aryl methyl sites for hydroxylation is 1. The first-order valence-electron chi connectivity index (χ1n) is 9.00. The standard InChI is InChI=1S/C19H31N3O3/c1-12-6-7-16(19(20)24)9-21(12)10-18(23)17-8-13(2)22(15(17)4)14(3)11-25-5/h8,12,14,16H,6-7,9-11H2,1-5H3,(H2,20,24)/t12-,14-,16+/m0/s1. The third-order valence-corrected chi connectivity index (χ3v) is 5.39. The van der Waals surface area contributed by atoms with Crippen LogP contribution >= 0.6 is 0 Å². The summed E-state index contributed by atoms with van der Waals surface area (Å²) in [5, 5.41) is 0. The highest BCUT2D eigenvalue weighted by atomic mass is 16.5. The number of piperidine rings is 1. The van der Waals surface area contributed by atoms with E-state index in [1.54, 1.807) is 7.11 Å². The predicted molar refractivity (Wildman–Crippen MR) is 97.8 cm³/mol. The van der Waals surface area contributed by atoms with Gasteiger partial charge in [0.25, 0.3) is 0 Å². The second-order valence-electron chi connectivity index (χ2n) is 7.34. The first kappa shape index (κ1) is 19.7. The maximum Gasteiger partial charge on any atom is 0.221 e. The lowest BCUT2D eigenvalue weighted by Crippen LogP contribution is -2.47. The molecule has 1 aromatic rings. The molecule has 1 fully saturated rings. The van der Waals surface area contributed by atoms with E-state index in [1.165, 1.54) is 0 Å². The Hall–Kier alpha value is -1.66. The number of aromatic nitrogens is 1. The SMILES string of the molecule is COC[C@H](C)n1c(C)cc(C(=O)CN2C[C@H](C(N)=O)CC[C@@H]2C)c1C. The number of hydrogen-bond donors (Lipinski definition) is 1. The van der Waals surface area contributed by atoms with Gasteiger partial charge in [-0.1, -0.05) is 0 Å². The maximum atomic E-state index is 12.9. The summed E-state index contributed by atoms with van der Waals surface area (Å²) >= 11 is 0. The highest BCUT2D eigenvalue weighted by Crippen LogP contribution is 2.24. The molecule has 0 unspecified atom stereocenters. The molecule has 0 saturated carbocycles. The van der Waals surface area contributed by atoms with E-state index in [1.807, 2.05) is 19.9 Å². The molecule has 0 aromatic carbocycles. The van der Waals surface area contributed by atoms with Gasteiger partial charge in [-0.05, 0) is 46.6 Å². The number of likely N-dealkylation sites (tertiary alicyclic amines) is 1. The van der Waals surface area contributed by atoms with Gasteiger partial charge in [0.15, 0.2) is 5.78 Å². The van der Waals surface area contributed by atoms with Crippen molar-refractivity contribution in [2.24, 2.45) is 11.7 Å². The van der Waals surface area contributed by atoms with Gasteiger partial charge >= 0.3 is 0 Å². The van der Waals surface area contributed by atoms with Crippen LogP contribution < -0.4 is 5.73 Å². The molecule has 0 radical (unpaired) electrons. The lowest BCUT2D eigenvalue weighted by Gasteiger charge is -2.36. The number of ketones is 1. The highest BCUT2D eigenvalue weighted by molar-refractivity contribution is 5.99. The molecule has 3 atom stereocenters. The molecule has 1 aliphatic rings. The summed E-state index contributed by atoms with van der Waals surface area (Å²) in [7, 11) is 1.68. The number of Topliss-reactive ketones (excluding diaryl/α,β-unsaturated/α-hetero) is 1. The number of primary amides is 1. The monoisotopic (exact) mass is 349 g/mol. The number of rotatable bonds is 7. The minimum atomic E-state index is -0.268. The van der Waals surface area contributed by atoms with Gasteiger partial charge in [-0.15, -0.1) is 0 Å². The summed E-state index contributed by atoms with van der Waals surface area (Å²) in [5.41, 5.74) is 8.26. The third kappa shape index (κ3) is 4.30. The van der Waals surface area contributed by atoms with E-state index >= 15 is 0 Å². The summed E-state index contributed by atoms with van der Waals surface area (Å²) in [6, 6.07) is 2.43. The maximum absolute atomic E-state index is 12.9. The Morgan fingerprint density at radius 3 is 2.64 bits per heavy atom. The van der Waals surface area contributed by atoms with E-state index in [9.17, 15) is 9.59 Å². The van der Waals surface area contributed by atoms with Gasteiger partial charge in [0.05, 0.1) is 25.1 Å². The normalized spacial score (nSPS) is 22.8. The molecular weight excluding hydrogens is 318 g/mol. The van der Waals surface area contributed by atoms with Crippen LogP contribution in [0.3, 0.4) is 0 Å².